The molecule has 190 valence electrons. The van der Waals surface area contributed by atoms with Crippen LogP contribution in [0.1, 0.15) is 11.1 Å². The van der Waals surface area contributed by atoms with Gasteiger partial charge in [-0.15, -0.1) is 0 Å². The van der Waals surface area contributed by atoms with Gasteiger partial charge in [-0.2, -0.15) is 0 Å². The molecule has 0 spiro atoms. The number of ether oxygens (including phenoxy) is 3. The Morgan fingerprint density at radius 2 is 1.74 bits per heavy atom. The molecule has 12 heteroatoms. The summed E-state index contributed by atoms with van der Waals surface area (Å²) >= 11 is 0. The molecule has 0 aromatic heterocycles. The third-order valence-corrected chi connectivity index (χ3v) is 5.27. The van der Waals surface area contributed by atoms with Crippen molar-refractivity contribution < 1.29 is 55.0 Å². The molecule has 12 nitrogen and oxygen atoms in total. The number of rotatable bonds is 9. The second-order valence-corrected chi connectivity index (χ2v) is 7.88. The van der Waals surface area contributed by atoms with Gasteiger partial charge in [0.2, 0.25) is 6.29 Å². The van der Waals surface area contributed by atoms with Crippen LogP contribution < -0.4 is 9.96 Å². The van der Waals surface area contributed by atoms with Gasteiger partial charge in [0.05, 0.1) is 0 Å². The zero-order chi connectivity index (χ0) is 25.5. The Labute approximate surface area is 200 Å². The molecule has 0 amide bonds. The van der Waals surface area contributed by atoms with Gasteiger partial charge in [-0.3, -0.25) is 0 Å². The van der Waals surface area contributed by atoms with Gasteiger partial charge in [0, 0.05) is 12.5 Å². The summed E-state index contributed by atoms with van der Waals surface area (Å²) in [6.07, 6.45) is -4.64. The average Bonchev–Trinajstić information content (AvgIpc) is 2.83. The van der Waals surface area contributed by atoms with E-state index >= 15 is 0 Å². The van der Waals surface area contributed by atoms with Crippen LogP contribution >= 0.6 is 0 Å². The van der Waals surface area contributed by atoms with Crippen molar-refractivity contribution in [2.75, 3.05) is 13.2 Å². The number of quaternary nitrogens is 1. The number of nitrogens with one attached hydrogen (secondary N) is 1. The highest BCUT2D eigenvalue weighted by molar-refractivity contribution is 5.87. The number of phenols is 2. The van der Waals surface area contributed by atoms with Crippen molar-refractivity contribution in [3.63, 3.8) is 0 Å². The molecule has 1 aliphatic heterocycles. The monoisotopic (exact) mass is 493 g/mol. The van der Waals surface area contributed by atoms with Gasteiger partial charge >= 0.3 is 5.97 Å². The first kappa shape index (κ1) is 26.4. The van der Waals surface area contributed by atoms with Crippen LogP contribution in [0.3, 0.4) is 0 Å². The molecule has 2 aromatic carbocycles. The van der Waals surface area contributed by atoms with Crippen molar-refractivity contribution in [3.05, 3.63) is 64.9 Å². The number of phenolic OH excluding ortho intramolecular Hbond substituents is 2. The van der Waals surface area contributed by atoms with Gasteiger partial charge in [0.15, 0.2) is 11.5 Å². The Bertz CT molecular complexity index is 1010. The van der Waals surface area contributed by atoms with Gasteiger partial charge in [-0.1, -0.05) is 18.2 Å². The molecule has 7 N–H and O–H groups in total. The smallest absolute Gasteiger partial charge is 0.330 e. The number of aliphatic hydroxyl groups is 3. The number of hydrogen-bond acceptors (Lipinski definition) is 11. The molecule has 6 atom stereocenters. The molecule has 1 fully saturated rings. The first-order valence-electron chi connectivity index (χ1n) is 10.7. The molecule has 3 rings (SSSR count). The number of carbonyl (C=O) groups excluding carboxylic acids is 1. The van der Waals surface area contributed by atoms with Crippen LogP contribution in [-0.4, -0.2) is 80.6 Å². The van der Waals surface area contributed by atoms with Crippen LogP contribution in [0.5, 0.6) is 17.2 Å². The molecule has 1 unspecified atom stereocenters. The van der Waals surface area contributed by atoms with Crippen LogP contribution in [0.2, 0.25) is 0 Å². The van der Waals surface area contributed by atoms with E-state index in [4.69, 9.17) is 19.4 Å². The van der Waals surface area contributed by atoms with Crippen LogP contribution in [0.4, 0.5) is 0 Å². The van der Waals surface area contributed by atoms with Crippen LogP contribution in [-0.2, 0) is 20.7 Å². The highest BCUT2D eigenvalue weighted by Gasteiger charge is 2.45. The van der Waals surface area contributed by atoms with Crippen LogP contribution in [0.15, 0.2) is 48.5 Å². The lowest BCUT2D eigenvalue weighted by atomic mass is 9.99. The number of benzene rings is 2. The van der Waals surface area contributed by atoms with Crippen LogP contribution in [0.25, 0.3) is 6.08 Å². The molecule has 35 heavy (non-hydrogen) atoms. The minimum atomic E-state index is -1.64. The minimum absolute atomic E-state index is 0.0261. The molecule has 0 saturated carbocycles. The van der Waals surface area contributed by atoms with E-state index < -0.39 is 48.5 Å². The van der Waals surface area contributed by atoms with E-state index in [1.165, 1.54) is 24.3 Å². The third-order valence-electron chi connectivity index (χ3n) is 5.27. The molecule has 1 saturated heterocycles. The fraction of sp³-hybridized carbons (Fsp3) is 0.348. The topological polar surface area (TPSA) is 194 Å². The summed E-state index contributed by atoms with van der Waals surface area (Å²) in [4.78, 5) is 12.0. The molecular weight excluding hydrogens is 466 g/mol. The Morgan fingerprint density at radius 1 is 1.03 bits per heavy atom. The zero-order valence-corrected chi connectivity index (χ0v) is 18.4. The number of aliphatic hydroxyl groups excluding tert-OH is 3. The summed E-state index contributed by atoms with van der Waals surface area (Å²) in [7, 11) is 0. The van der Waals surface area contributed by atoms with Crippen molar-refractivity contribution in [2.45, 2.75) is 37.1 Å². The Morgan fingerprint density at radius 3 is 2.40 bits per heavy atom. The molecule has 1 heterocycles. The van der Waals surface area contributed by atoms with Gasteiger partial charge in [0.25, 0.3) is 0 Å². The maximum atomic E-state index is 12.0. The Kier molecular flexibility index (Phi) is 9.01. The highest BCUT2D eigenvalue weighted by Crippen LogP contribution is 2.26. The van der Waals surface area contributed by atoms with Gasteiger partial charge in [-0.25, -0.2) is 15.2 Å². The minimum Gasteiger partial charge on any atom is -0.600 e. The van der Waals surface area contributed by atoms with E-state index in [2.05, 4.69) is 0 Å². The fourth-order valence-electron chi connectivity index (χ4n) is 3.29. The van der Waals surface area contributed by atoms with E-state index in [1.54, 1.807) is 24.3 Å². The first-order valence-corrected chi connectivity index (χ1v) is 10.7. The fourth-order valence-corrected chi connectivity index (χ4v) is 3.29. The predicted molar refractivity (Wildman–Crippen MR) is 118 cm³/mol. The molecular formula is C23H27NO11. The highest BCUT2D eigenvalue weighted by atomic mass is 16.8. The molecule has 2 aromatic rings. The van der Waals surface area contributed by atoms with Crippen molar-refractivity contribution in [1.29, 1.82) is 0 Å². The molecule has 0 radical (unpaired) electrons. The standard InChI is InChI=1S/C23H27NO11/c25-16-7-3-14(11-17(16)26)4-8-19(27)33-12-18-20(28)21(29)22(30)23(35-18)34-15-5-1-13(2-6-15)9-10-24(31)32/h1-8,11,18,20-26,28-31H,9-10,12H2/t18-,20-,21+,22-,23-/m1/s1. The van der Waals surface area contributed by atoms with Crippen molar-refractivity contribution >= 4 is 12.0 Å². The number of aromatic hydroxyl groups is 2. The van der Waals surface area contributed by atoms with E-state index in [0.717, 1.165) is 11.6 Å². The van der Waals surface area contributed by atoms with E-state index in [1.807, 2.05) is 0 Å². The van der Waals surface area contributed by atoms with E-state index in [0.29, 0.717) is 12.0 Å². The molecule has 0 bridgehead atoms. The average molecular weight is 493 g/mol. The number of esters is 1. The van der Waals surface area contributed by atoms with Crippen LogP contribution in [0, 0.1) is 5.21 Å². The zero-order valence-electron chi connectivity index (χ0n) is 18.4. The second-order valence-electron chi connectivity index (χ2n) is 7.88. The second kappa shape index (κ2) is 12.0. The Balaban J connectivity index is 1.56. The van der Waals surface area contributed by atoms with Crippen molar-refractivity contribution in [2.24, 2.45) is 0 Å². The number of hydrogen-bond donors (Lipinski definition) is 7. The molecule has 1 aliphatic rings. The summed E-state index contributed by atoms with van der Waals surface area (Å²) in [5.74, 6) is -1.19. The normalized spacial score (nSPS) is 25.3. The lowest BCUT2D eigenvalue weighted by Gasteiger charge is -2.39. The summed E-state index contributed by atoms with van der Waals surface area (Å²) in [5.41, 5.74) is 1.19. The van der Waals surface area contributed by atoms with Crippen molar-refractivity contribution in [3.8, 4) is 17.2 Å². The quantitative estimate of drug-likeness (QED) is 0.0965. The summed E-state index contributed by atoms with van der Waals surface area (Å²) < 4.78 is 16.1. The first-order chi connectivity index (χ1) is 16.6. The number of carbonyl (C=O) groups is 1. The number of hydroxylamine groups is 2. The maximum Gasteiger partial charge on any atom is 0.330 e. The predicted octanol–water partition coefficient (Wildman–Crippen LogP) is -1.14. The van der Waals surface area contributed by atoms with Crippen molar-refractivity contribution in [1.82, 2.24) is 0 Å². The van der Waals surface area contributed by atoms with E-state index in [9.17, 15) is 35.5 Å². The molecule has 0 aliphatic carbocycles. The lowest BCUT2D eigenvalue weighted by molar-refractivity contribution is -1.05. The largest absolute Gasteiger partial charge is 0.600 e. The SMILES string of the molecule is O=C(C=Cc1ccc(O)c(O)c1)OC[C@H]1O[C@@H](Oc2ccc(CC[NH+]([O-])O)cc2)[C@H](O)[C@@H](O)[C@@H]1O. The van der Waals surface area contributed by atoms with E-state index in [-0.39, 0.29) is 23.8 Å². The summed E-state index contributed by atoms with van der Waals surface area (Å²) in [6.45, 7) is -0.481. The summed E-state index contributed by atoms with van der Waals surface area (Å²) in [5, 5.41) is 67.9. The van der Waals surface area contributed by atoms with Gasteiger partial charge in [0.1, 0.15) is 43.3 Å². The third kappa shape index (κ3) is 7.37. The lowest BCUT2D eigenvalue weighted by Crippen LogP contribution is -3.04. The Hall–Kier alpha value is -3.23. The van der Waals surface area contributed by atoms with Gasteiger partial charge in [-0.05, 0) is 41.5 Å². The van der Waals surface area contributed by atoms with Gasteiger partial charge < -0.3 is 45.0 Å². The maximum absolute atomic E-state index is 12.0. The summed E-state index contributed by atoms with van der Waals surface area (Å²) in [6, 6.07) is 10.4.